The van der Waals surface area contributed by atoms with Crippen molar-refractivity contribution in [3.05, 3.63) is 64.9 Å². The first-order valence-corrected chi connectivity index (χ1v) is 9.97. The number of amides is 2. The number of hydrogen-bond acceptors (Lipinski definition) is 4. The number of pyridine rings is 2. The molecule has 1 atom stereocenters. The minimum atomic E-state index is -0.255. The summed E-state index contributed by atoms with van der Waals surface area (Å²) in [6.45, 7) is 2.94. The van der Waals surface area contributed by atoms with Crippen LogP contribution in [0.25, 0.3) is 10.9 Å². The number of nitrogens with zero attached hydrogens (tertiary/aromatic N) is 3. The molecule has 1 aliphatic heterocycles. The Morgan fingerprint density at radius 1 is 1.21 bits per heavy atom. The number of halogens is 1. The van der Waals surface area contributed by atoms with Crippen LogP contribution in [0.15, 0.2) is 48.7 Å². The van der Waals surface area contributed by atoms with E-state index < -0.39 is 0 Å². The normalized spacial score (nSPS) is 16.6. The summed E-state index contributed by atoms with van der Waals surface area (Å²) in [7, 11) is 0. The van der Waals surface area contributed by atoms with E-state index in [1.165, 1.54) is 0 Å². The minimum Gasteiger partial charge on any atom is -0.338 e. The summed E-state index contributed by atoms with van der Waals surface area (Å²) < 4.78 is 0. The zero-order chi connectivity index (χ0) is 20.4. The zero-order valence-electron chi connectivity index (χ0n) is 16.1. The topological polar surface area (TPSA) is 75.2 Å². The number of likely N-dealkylation sites (tertiary alicyclic amines) is 1. The molecule has 0 saturated carbocycles. The molecular weight excluding hydrogens is 388 g/mol. The van der Waals surface area contributed by atoms with Gasteiger partial charge in [-0.3, -0.25) is 9.59 Å². The van der Waals surface area contributed by atoms with E-state index in [1.54, 1.807) is 29.3 Å². The third kappa shape index (κ3) is 4.22. The van der Waals surface area contributed by atoms with Gasteiger partial charge >= 0.3 is 0 Å². The number of fused-ring (bicyclic) bond motifs is 1. The molecule has 3 aromatic rings. The maximum atomic E-state index is 13.0. The molecule has 1 aliphatic rings. The summed E-state index contributed by atoms with van der Waals surface area (Å²) in [5.74, 6) is 0.145. The van der Waals surface area contributed by atoms with E-state index >= 15 is 0 Å². The predicted molar refractivity (Wildman–Crippen MR) is 113 cm³/mol. The molecule has 1 saturated heterocycles. The average Bonchev–Trinajstić information content (AvgIpc) is 2.74. The summed E-state index contributed by atoms with van der Waals surface area (Å²) >= 11 is 5.93. The molecule has 6 nitrogen and oxygen atoms in total. The second-order valence-electron chi connectivity index (χ2n) is 7.29. The van der Waals surface area contributed by atoms with Crippen LogP contribution in [0.5, 0.6) is 0 Å². The van der Waals surface area contributed by atoms with Crippen molar-refractivity contribution in [2.75, 3.05) is 18.4 Å². The van der Waals surface area contributed by atoms with Crippen LogP contribution in [0.2, 0.25) is 5.15 Å². The Hall–Kier alpha value is -2.99. The Kier molecular flexibility index (Phi) is 5.45. The van der Waals surface area contributed by atoms with Gasteiger partial charge in [0.15, 0.2) is 0 Å². The molecule has 2 amide bonds. The number of benzene rings is 1. The fourth-order valence-corrected chi connectivity index (χ4v) is 3.78. The number of aromatic nitrogens is 2. The van der Waals surface area contributed by atoms with E-state index in [-0.39, 0.29) is 17.7 Å². The van der Waals surface area contributed by atoms with Crippen molar-refractivity contribution in [3.8, 4) is 0 Å². The van der Waals surface area contributed by atoms with E-state index in [0.29, 0.717) is 29.6 Å². The smallest absolute Gasteiger partial charge is 0.253 e. The van der Waals surface area contributed by atoms with Crippen LogP contribution in [0.3, 0.4) is 0 Å². The van der Waals surface area contributed by atoms with Crippen LogP contribution in [0, 0.1) is 12.8 Å². The van der Waals surface area contributed by atoms with Gasteiger partial charge in [0.1, 0.15) is 11.0 Å². The lowest BCUT2D eigenvalue weighted by atomic mass is 9.96. The number of aryl methyl sites for hydroxylation is 1. The van der Waals surface area contributed by atoms with Crippen molar-refractivity contribution in [2.24, 2.45) is 5.92 Å². The molecular formula is C22H21ClN4O2. The molecule has 7 heteroatoms. The van der Waals surface area contributed by atoms with Crippen molar-refractivity contribution in [1.29, 1.82) is 0 Å². The van der Waals surface area contributed by atoms with E-state index in [9.17, 15) is 9.59 Å². The molecule has 148 valence electrons. The molecule has 1 aromatic carbocycles. The molecule has 1 fully saturated rings. The molecule has 1 N–H and O–H groups in total. The van der Waals surface area contributed by atoms with E-state index in [4.69, 9.17) is 11.6 Å². The van der Waals surface area contributed by atoms with Gasteiger partial charge in [0, 0.05) is 30.2 Å². The van der Waals surface area contributed by atoms with Crippen molar-refractivity contribution in [1.82, 2.24) is 14.9 Å². The largest absolute Gasteiger partial charge is 0.338 e. The van der Waals surface area contributed by atoms with Gasteiger partial charge in [-0.2, -0.15) is 0 Å². The highest BCUT2D eigenvalue weighted by Crippen LogP contribution is 2.23. The van der Waals surface area contributed by atoms with Crippen LogP contribution in [0.1, 0.15) is 28.8 Å². The van der Waals surface area contributed by atoms with Gasteiger partial charge in [0.25, 0.3) is 5.91 Å². The Labute approximate surface area is 173 Å². The molecule has 0 aliphatic carbocycles. The lowest BCUT2D eigenvalue weighted by molar-refractivity contribution is -0.121. The number of anilines is 1. The number of rotatable bonds is 3. The standard InChI is InChI=1S/C22H21ClN4O2/c1-14-4-2-10-24-20(14)26-21(28)17-5-3-11-27(13-17)22(29)16-6-8-18-15(12-16)7-9-19(23)25-18/h2,4,6-10,12,17H,3,5,11,13H2,1H3,(H,24,26,28). The average molecular weight is 409 g/mol. The van der Waals surface area contributed by atoms with E-state index in [1.807, 2.05) is 31.2 Å². The van der Waals surface area contributed by atoms with Crippen molar-refractivity contribution < 1.29 is 9.59 Å². The van der Waals surface area contributed by atoms with Crippen molar-refractivity contribution in [3.63, 3.8) is 0 Å². The van der Waals surface area contributed by atoms with Crippen LogP contribution in [-0.4, -0.2) is 39.8 Å². The molecule has 2 aromatic heterocycles. The van der Waals surface area contributed by atoms with Crippen LogP contribution >= 0.6 is 11.6 Å². The quantitative estimate of drug-likeness (QED) is 0.662. The van der Waals surface area contributed by atoms with Gasteiger partial charge in [-0.1, -0.05) is 17.7 Å². The van der Waals surface area contributed by atoms with Gasteiger partial charge in [0.2, 0.25) is 5.91 Å². The molecule has 29 heavy (non-hydrogen) atoms. The van der Waals surface area contributed by atoms with Crippen LogP contribution in [0.4, 0.5) is 5.82 Å². The first-order valence-electron chi connectivity index (χ1n) is 9.59. The van der Waals surface area contributed by atoms with Gasteiger partial charge in [0.05, 0.1) is 11.4 Å². The number of piperidine rings is 1. The lowest BCUT2D eigenvalue weighted by Gasteiger charge is -2.32. The summed E-state index contributed by atoms with van der Waals surface area (Å²) in [4.78, 5) is 36.0. The molecule has 0 bridgehead atoms. The van der Waals surface area contributed by atoms with Gasteiger partial charge < -0.3 is 10.2 Å². The third-order valence-corrected chi connectivity index (χ3v) is 5.44. The zero-order valence-corrected chi connectivity index (χ0v) is 16.8. The second-order valence-corrected chi connectivity index (χ2v) is 7.68. The van der Waals surface area contributed by atoms with Crippen molar-refractivity contribution >= 4 is 40.1 Å². The third-order valence-electron chi connectivity index (χ3n) is 5.23. The summed E-state index contributed by atoms with van der Waals surface area (Å²) in [6.07, 6.45) is 3.19. The highest BCUT2D eigenvalue weighted by Gasteiger charge is 2.29. The maximum Gasteiger partial charge on any atom is 0.253 e. The maximum absolute atomic E-state index is 13.0. The molecule has 1 unspecified atom stereocenters. The molecule has 3 heterocycles. The molecule has 4 rings (SSSR count). The highest BCUT2D eigenvalue weighted by molar-refractivity contribution is 6.29. The Morgan fingerprint density at radius 3 is 2.90 bits per heavy atom. The van der Waals surface area contributed by atoms with Gasteiger partial charge in [-0.05, 0) is 61.7 Å². The number of hydrogen-bond donors (Lipinski definition) is 1. The number of carbonyl (C=O) groups is 2. The fourth-order valence-electron chi connectivity index (χ4n) is 3.63. The second kappa shape index (κ2) is 8.17. The number of nitrogens with one attached hydrogen (secondary N) is 1. The van der Waals surface area contributed by atoms with Crippen LogP contribution < -0.4 is 5.32 Å². The summed E-state index contributed by atoms with van der Waals surface area (Å²) in [5.41, 5.74) is 2.24. The van der Waals surface area contributed by atoms with E-state index in [2.05, 4.69) is 15.3 Å². The monoisotopic (exact) mass is 408 g/mol. The fraction of sp³-hybridized carbons (Fsp3) is 0.273. The predicted octanol–water partition coefficient (Wildman–Crippen LogP) is 4.08. The minimum absolute atomic E-state index is 0.0756. The first kappa shape index (κ1) is 19.3. The van der Waals surface area contributed by atoms with Crippen molar-refractivity contribution in [2.45, 2.75) is 19.8 Å². The molecule has 0 radical (unpaired) electrons. The highest BCUT2D eigenvalue weighted by atomic mass is 35.5. The lowest BCUT2D eigenvalue weighted by Crippen LogP contribution is -2.43. The Bertz CT molecular complexity index is 1090. The van der Waals surface area contributed by atoms with E-state index in [0.717, 1.165) is 29.3 Å². The SMILES string of the molecule is Cc1cccnc1NC(=O)C1CCCN(C(=O)c2ccc3nc(Cl)ccc3c2)C1. The van der Waals surface area contributed by atoms with Gasteiger partial charge in [-0.15, -0.1) is 0 Å². The van der Waals surface area contributed by atoms with Gasteiger partial charge in [-0.25, -0.2) is 9.97 Å². The summed E-state index contributed by atoms with van der Waals surface area (Å²) in [6, 6.07) is 12.7. The van der Waals surface area contributed by atoms with Crippen LogP contribution in [-0.2, 0) is 4.79 Å². The number of carbonyl (C=O) groups excluding carboxylic acids is 2. The summed E-state index contributed by atoms with van der Waals surface area (Å²) in [5, 5.41) is 4.18. The molecule has 0 spiro atoms. The Morgan fingerprint density at radius 2 is 2.07 bits per heavy atom. The Balaban J connectivity index is 1.47. The first-order chi connectivity index (χ1) is 14.0.